The number of rotatable bonds is 3. The molecule has 2 rings (SSSR count). The molecule has 1 N–H and O–H groups in total. The molecule has 2 nitrogen and oxygen atoms in total. The molecule has 0 fully saturated rings. The van der Waals surface area contributed by atoms with Gasteiger partial charge in [-0.25, -0.2) is 4.39 Å². The lowest BCUT2D eigenvalue weighted by Crippen LogP contribution is -2.26. The summed E-state index contributed by atoms with van der Waals surface area (Å²) in [5.41, 5.74) is 0.666. The number of hydrogen-bond donors (Lipinski definition) is 1. The third-order valence-electron chi connectivity index (χ3n) is 2.57. The highest BCUT2D eigenvalue weighted by atomic mass is 35.5. The molecular weight excluding hydrogens is 308 g/mol. The summed E-state index contributed by atoms with van der Waals surface area (Å²) in [5.74, 6) is -0.637. The van der Waals surface area contributed by atoms with Crippen LogP contribution in [0.4, 0.5) is 4.39 Å². The van der Waals surface area contributed by atoms with E-state index in [1.807, 2.05) is 0 Å². The van der Waals surface area contributed by atoms with E-state index in [0.29, 0.717) is 14.8 Å². The second-order valence-electron chi connectivity index (χ2n) is 3.96. The number of nitrogens with one attached hydrogen (secondary N) is 1. The zero-order chi connectivity index (χ0) is 14.0. The molecule has 0 aliphatic rings. The van der Waals surface area contributed by atoms with E-state index in [4.69, 9.17) is 23.2 Å². The maximum Gasteiger partial charge on any atom is 0.261 e. The van der Waals surface area contributed by atoms with Gasteiger partial charge in [0.05, 0.1) is 15.3 Å². The molecule has 1 aromatic heterocycles. The van der Waals surface area contributed by atoms with Gasteiger partial charge in [-0.3, -0.25) is 4.79 Å². The van der Waals surface area contributed by atoms with Gasteiger partial charge in [0.1, 0.15) is 5.82 Å². The van der Waals surface area contributed by atoms with Gasteiger partial charge < -0.3 is 5.32 Å². The Kier molecular flexibility index (Phi) is 4.45. The second kappa shape index (κ2) is 5.90. The van der Waals surface area contributed by atoms with Crippen LogP contribution in [0.5, 0.6) is 0 Å². The van der Waals surface area contributed by atoms with Crippen molar-refractivity contribution in [3.05, 3.63) is 55.9 Å². The molecule has 0 aliphatic carbocycles. The Morgan fingerprint density at radius 1 is 1.32 bits per heavy atom. The largest absolute Gasteiger partial charge is 0.345 e. The van der Waals surface area contributed by atoms with E-state index in [1.165, 1.54) is 23.5 Å². The van der Waals surface area contributed by atoms with Crippen LogP contribution in [0.25, 0.3) is 0 Å². The van der Waals surface area contributed by atoms with Gasteiger partial charge in [-0.1, -0.05) is 29.3 Å². The van der Waals surface area contributed by atoms with E-state index in [2.05, 4.69) is 5.32 Å². The zero-order valence-electron chi connectivity index (χ0n) is 9.91. The summed E-state index contributed by atoms with van der Waals surface area (Å²) in [5, 5.41) is 3.08. The Hall–Kier alpha value is -1.10. The smallest absolute Gasteiger partial charge is 0.261 e. The van der Waals surface area contributed by atoms with E-state index >= 15 is 0 Å². The molecule has 1 unspecified atom stereocenters. The highest BCUT2D eigenvalue weighted by molar-refractivity contribution is 7.17. The number of carbonyl (C=O) groups excluding carboxylic acids is 1. The van der Waals surface area contributed by atoms with Gasteiger partial charge in [0.2, 0.25) is 0 Å². The van der Waals surface area contributed by atoms with Gasteiger partial charge >= 0.3 is 0 Å². The summed E-state index contributed by atoms with van der Waals surface area (Å²) in [7, 11) is 0. The van der Waals surface area contributed by atoms with Gasteiger partial charge in [-0.15, -0.1) is 11.3 Å². The first-order valence-corrected chi connectivity index (χ1v) is 7.06. The first kappa shape index (κ1) is 14.3. The van der Waals surface area contributed by atoms with Crippen molar-refractivity contribution in [2.75, 3.05) is 0 Å². The number of halogens is 3. The molecule has 0 saturated carbocycles. The summed E-state index contributed by atoms with van der Waals surface area (Å²) in [6.45, 7) is 1.78. The lowest BCUT2D eigenvalue weighted by Gasteiger charge is -2.15. The van der Waals surface area contributed by atoms with Crippen LogP contribution in [0.1, 0.15) is 28.2 Å². The monoisotopic (exact) mass is 317 g/mol. The average Bonchev–Trinajstić information content (AvgIpc) is 2.75. The Labute approximate surface area is 124 Å². The molecule has 6 heteroatoms. The van der Waals surface area contributed by atoms with Crippen LogP contribution < -0.4 is 5.32 Å². The molecule has 1 atom stereocenters. The van der Waals surface area contributed by atoms with Gasteiger partial charge in [-0.05, 0) is 36.8 Å². The summed E-state index contributed by atoms with van der Waals surface area (Å²) >= 11 is 12.9. The van der Waals surface area contributed by atoms with Crippen molar-refractivity contribution in [1.29, 1.82) is 0 Å². The number of carbonyl (C=O) groups is 1. The highest BCUT2D eigenvalue weighted by Crippen LogP contribution is 2.25. The molecule has 1 aromatic carbocycles. The van der Waals surface area contributed by atoms with E-state index in [9.17, 15) is 9.18 Å². The molecule has 0 spiro atoms. The fourth-order valence-electron chi connectivity index (χ4n) is 1.63. The molecule has 100 valence electrons. The van der Waals surface area contributed by atoms with Gasteiger partial charge in [0, 0.05) is 5.02 Å². The molecule has 0 radical (unpaired) electrons. The Morgan fingerprint density at radius 2 is 2.05 bits per heavy atom. The van der Waals surface area contributed by atoms with E-state index in [-0.39, 0.29) is 17.0 Å². The van der Waals surface area contributed by atoms with Crippen LogP contribution in [0.15, 0.2) is 30.3 Å². The average molecular weight is 318 g/mol. The number of thiophene rings is 1. The molecule has 2 aromatic rings. The fraction of sp³-hybridized carbons (Fsp3) is 0.154. The van der Waals surface area contributed by atoms with Crippen molar-refractivity contribution >= 4 is 40.4 Å². The normalized spacial score (nSPS) is 12.2. The first-order valence-electron chi connectivity index (χ1n) is 5.48. The Bertz CT molecular complexity index is 614. The molecule has 19 heavy (non-hydrogen) atoms. The molecule has 1 heterocycles. The lowest BCUT2D eigenvalue weighted by molar-refractivity contribution is 0.0944. The van der Waals surface area contributed by atoms with Crippen molar-refractivity contribution in [2.24, 2.45) is 0 Å². The van der Waals surface area contributed by atoms with Crippen molar-refractivity contribution in [3.8, 4) is 0 Å². The third-order valence-corrected chi connectivity index (χ3v) is 4.13. The quantitative estimate of drug-likeness (QED) is 0.874. The maximum atomic E-state index is 13.0. The van der Waals surface area contributed by atoms with Crippen LogP contribution in [0.2, 0.25) is 9.36 Å². The number of amides is 1. The molecule has 0 saturated heterocycles. The van der Waals surface area contributed by atoms with Crippen molar-refractivity contribution in [2.45, 2.75) is 13.0 Å². The Balaban J connectivity index is 2.12. The summed E-state index contributed by atoms with van der Waals surface area (Å²) in [4.78, 5) is 12.5. The van der Waals surface area contributed by atoms with E-state index in [1.54, 1.807) is 25.1 Å². The first-order chi connectivity index (χ1) is 8.97. The topological polar surface area (TPSA) is 29.1 Å². The molecular formula is C13H10Cl2FNOS. The summed E-state index contributed by atoms with van der Waals surface area (Å²) < 4.78 is 13.5. The minimum atomic E-state index is -0.405. The molecule has 0 bridgehead atoms. The minimum Gasteiger partial charge on any atom is -0.345 e. The summed E-state index contributed by atoms with van der Waals surface area (Å²) in [6, 6.07) is 7.09. The summed E-state index contributed by atoms with van der Waals surface area (Å²) in [6.07, 6.45) is 0. The predicted octanol–water partition coefficient (Wildman–Crippen LogP) is 4.69. The molecule has 0 aliphatic heterocycles. The SMILES string of the molecule is CC(NC(=O)c1ccc(Cl)s1)c1ccc(F)cc1Cl. The van der Waals surface area contributed by atoms with Crippen molar-refractivity contribution in [3.63, 3.8) is 0 Å². The zero-order valence-corrected chi connectivity index (χ0v) is 12.2. The van der Waals surface area contributed by atoms with Crippen LogP contribution >= 0.6 is 34.5 Å². The molecule has 1 amide bonds. The predicted molar refractivity (Wildman–Crippen MR) is 76.6 cm³/mol. The van der Waals surface area contributed by atoms with Crippen molar-refractivity contribution in [1.82, 2.24) is 5.32 Å². The number of hydrogen-bond acceptors (Lipinski definition) is 2. The van der Waals surface area contributed by atoms with E-state index < -0.39 is 5.82 Å². The second-order valence-corrected chi connectivity index (χ2v) is 6.09. The number of benzene rings is 1. The standard InChI is InChI=1S/C13H10Cl2FNOS/c1-7(9-3-2-8(16)6-10(9)14)17-13(18)11-4-5-12(15)19-11/h2-7H,1H3,(H,17,18). The van der Waals surface area contributed by atoms with Crippen LogP contribution in [-0.2, 0) is 0 Å². The van der Waals surface area contributed by atoms with Crippen LogP contribution in [0, 0.1) is 5.82 Å². The van der Waals surface area contributed by atoms with Gasteiger partial charge in [0.15, 0.2) is 0 Å². The lowest BCUT2D eigenvalue weighted by atomic mass is 10.1. The highest BCUT2D eigenvalue weighted by Gasteiger charge is 2.15. The Morgan fingerprint density at radius 3 is 2.63 bits per heavy atom. The fourth-order valence-corrected chi connectivity index (χ4v) is 2.91. The van der Waals surface area contributed by atoms with Crippen molar-refractivity contribution < 1.29 is 9.18 Å². The van der Waals surface area contributed by atoms with Gasteiger partial charge in [0.25, 0.3) is 5.91 Å². The van der Waals surface area contributed by atoms with Gasteiger partial charge in [-0.2, -0.15) is 0 Å². The minimum absolute atomic E-state index is 0.232. The van der Waals surface area contributed by atoms with Crippen LogP contribution in [-0.4, -0.2) is 5.91 Å². The van der Waals surface area contributed by atoms with Crippen LogP contribution in [0.3, 0.4) is 0 Å². The maximum absolute atomic E-state index is 13.0. The van der Waals surface area contributed by atoms with E-state index in [0.717, 1.165) is 0 Å². The third kappa shape index (κ3) is 3.47.